The summed E-state index contributed by atoms with van der Waals surface area (Å²) in [4.78, 5) is 6.57. The number of benzene rings is 1. The molecule has 0 atom stereocenters. The first-order valence-corrected chi connectivity index (χ1v) is 7.44. The number of hydrogen-bond acceptors (Lipinski definition) is 4. The van der Waals surface area contributed by atoms with Crippen molar-refractivity contribution in [2.75, 3.05) is 18.0 Å². The van der Waals surface area contributed by atoms with Gasteiger partial charge in [-0.05, 0) is 43.2 Å². The first-order valence-electron chi connectivity index (χ1n) is 7.44. The van der Waals surface area contributed by atoms with Crippen LogP contribution in [-0.2, 0) is 0 Å². The Hall–Kier alpha value is -2.56. The summed E-state index contributed by atoms with van der Waals surface area (Å²) in [5, 5.41) is 9.35. The van der Waals surface area contributed by atoms with Gasteiger partial charge in [0.1, 0.15) is 5.82 Å². The number of nitrogens with zero attached hydrogens (tertiary/aromatic N) is 4. The zero-order valence-corrected chi connectivity index (χ0v) is 12.0. The van der Waals surface area contributed by atoms with Crippen LogP contribution in [0.15, 0.2) is 42.6 Å². The second-order valence-electron chi connectivity index (χ2n) is 5.50. The highest BCUT2D eigenvalue weighted by Gasteiger charge is 2.15. The number of fused-ring (bicyclic) bond motifs is 1. The minimum Gasteiger partial charge on any atom is -0.355 e. The summed E-state index contributed by atoms with van der Waals surface area (Å²) < 4.78 is 13.8. The van der Waals surface area contributed by atoms with Gasteiger partial charge in [0.05, 0.1) is 11.2 Å². The number of rotatable bonds is 2. The van der Waals surface area contributed by atoms with Crippen LogP contribution in [-0.4, -0.2) is 28.3 Å². The van der Waals surface area contributed by atoms with Crippen LogP contribution in [0, 0.1) is 5.82 Å². The summed E-state index contributed by atoms with van der Waals surface area (Å²) in [6, 6.07) is 10.4. The summed E-state index contributed by atoms with van der Waals surface area (Å²) in [6.07, 6.45) is 4.10. The van der Waals surface area contributed by atoms with E-state index in [2.05, 4.69) is 20.1 Å². The molecule has 0 aliphatic carbocycles. The smallest absolute Gasteiger partial charge is 0.151 e. The Labute approximate surface area is 127 Å². The molecule has 0 saturated carbocycles. The monoisotopic (exact) mass is 294 g/mol. The molecular weight excluding hydrogens is 279 g/mol. The fourth-order valence-corrected chi connectivity index (χ4v) is 2.93. The Bertz CT molecular complexity index is 811. The normalized spacial score (nSPS) is 14.7. The molecule has 1 aliphatic rings. The van der Waals surface area contributed by atoms with E-state index in [0.717, 1.165) is 29.8 Å². The second kappa shape index (κ2) is 5.33. The third-order valence-electron chi connectivity index (χ3n) is 4.03. The van der Waals surface area contributed by atoms with E-state index < -0.39 is 0 Å². The maximum atomic E-state index is 13.8. The molecule has 4 nitrogen and oxygen atoms in total. The largest absolute Gasteiger partial charge is 0.355 e. The fourth-order valence-electron chi connectivity index (χ4n) is 2.93. The van der Waals surface area contributed by atoms with Crippen molar-refractivity contribution in [3.8, 4) is 11.3 Å². The maximum Gasteiger partial charge on any atom is 0.151 e. The van der Waals surface area contributed by atoms with Gasteiger partial charge in [-0.2, -0.15) is 0 Å². The maximum absolute atomic E-state index is 13.8. The Morgan fingerprint density at radius 3 is 2.64 bits per heavy atom. The predicted molar refractivity (Wildman–Crippen MR) is 84.2 cm³/mol. The van der Waals surface area contributed by atoms with Crippen molar-refractivity contribution in [1.29, 1.82) is 0 Å². The van der Waals surface area contributed by atoms with E-state index in [0.29, 0.717) is 11.3 Å². The molecule has 2 aromatic heterocycles. The highest BCUT2D eigenvalue weighted by atomic mass is 19.1. The van der Waals surface area contributed by atoms with Gasteiger partial charge < -0.3 is 4.90 Å². The van der Waals surface area contributed by atoms with Crippen LogP contribution in [0.1, 0.15) is 12.8 Å². The molecule has 22 heavy (non-hydrogen) atoms. The lowest BCUT2D eigenvalue weighted by Gasteiger charge is -2.15. The van der Waals surface area contributed by atoms with Crippen LogP contribution in [0.4, 0.5) is 10.2 Å². The third-order valence-corrected chi connectivity index (χ3v) is 4.03. The van der Waals surface area contributed by atoms with E-state index in [1.807, 2.05) is 18.2 Å². The van der Waals surface area contributed by atoms with E-state index in [4.69, 9.17) is 0 Å². The number of pyridine rings is 1. The molecule has 110 valence electrons. The van der Waals surface area contributed by atoms with Gasteiger partial charge in [-0.1, -0.05) is 6.07 Å². The lowest BCUT2D eigenvalue weighted by molar-refractivity contribution is 0.630. The quantitative estimate of drug-likeness (QED) is 0.726. The Kier molecular flexibility index (Phi) is 3.18. The topological polar surface area (TPSA) is 41.9 Å². The van der Waals surface area contributed by atoms with Crippen LogP contribution in [0.2, 0.25) is 0 Å². The number of aromatic nitrogens is 3. The van der Waals surface area contributed by atoms with Gasteiger partial charge in [0.2, 0.25) is 0 Å². The molecule has 1 aromatic carbocycles. The highest BCUT2D eigenvalue weighted by Crippen LogP contribution is 2.27. The summed E-state index contributed by atoms with van der Waals surface area (Å²) in [7, 11) is 0. The van der Waals surface area contributed by atoms with Crippen molar-refractivity contribution in [2.24, 2.45) is 0 Å². The van der Waals surface area contributed by atoms with Crippen LogP contribution in [0.5, 0.6) is 0 Å². The van der Waals surface area contributed by atoms with Crippen LogP contribution in [0.25, 0.3) is 22.2 Å². The molecule has 0 unspecified atom stereocenters. The number of anilines is 1. The van der Waals surface area contributed by atoms with Crippen LogP contribution < -0.4 is 4.90 Å². The van der Waals surface area contributed by atoms with Gasteiger partial charge >= 0.3 is 0 Å². The summed E-state index contributed by atoms with van der Waals surface area (Å²) >= 11 is 0. The van der Waals surface area contributed by atoms with Gasteiger partial charge in [0.25, 0.3) is 0 Å². The van der Waals surface area contributed by atoms with Gasteiger partial charge in [0, 0.05) is 30.2 Å². The van der Waals surface area contributed by atoms with E-state index in [1.165, 1.54) is 25.0 Å². The fraction of sp³-hybridized carbons (Fsp3) is 0.235. The van der Waals surface area contributed by atoms with Crippen molar-refractivity contribution in [3.63, 3.8) is 0 Å². The first-order chi connectivity index (χ1) is 10.8. The molecule has 3 heterocycles. The molecule has 0 bridgehead atoms. The summed E-state index contributed by atoms with van der Waals surface area (Å²) in [5.74, 6) is 0.593. The average molecular weight is 294 g/mol. The zero-order chi connectivity index (χ0) is 14.9. The summed E-state index contributed by atoms with van der Waals surface area (Å²) in [5.41, 5.74) is 2.06. The molecule has 1 saturated heterocycles. The lowest BCUT2D eigenvalue weighted by Crippen LogP contribution is -2.19. The lowest BCUT2D eigenvalue weighted by atomic mass is 10.1. The van der Waals surface area contributed by atoms with E-state index in [1.54, 1.807) is 12.3 Å². The standard InChI is InChI=1S/C17H15FN4/c18-13-10-12-4-3-7-19-17(12)14(11-13)15-5-6-16(21-20-15)22-8-1-2-9-22/h3-7,10-11H,1-2,8-9H2. The molecule has 1 fully saturated rings. The SMILES string of the molecule is Fc1cc(-c2ccc(N3CCCC3)nn2)c2ncccc2c1. The average Bonchev–Trinajstić information content (AvgIpc) is 3.09. The van der Waals surface area contributed by atoms with Gasteiger partial charge in [-0.25, -0.2) is 4.39 Å². The molecule has 1 aliphatic heterocycles. The van der Waals surface area contributed by atoms with E-state index >= 15 is 0 Å². The minimum absolute atomic E-state index is 0.291. The van der Waals surface area contributed by atoms with Gasteiger partial charge in [0.15, 0.2) is 5.82 Å². The van der Waals surface area contributed by atoms with Crippen molar-refractivity contribution in [2.45, 2.75) is 12.8 Å². The second-order valence-corrected chi connectivity index (χ2v) is 5.50. The van der Waals surface area contributed by atoms with Gasteiger partial charge in [-0.3, -0.25) is 4.98 Å². The zero-order valence-electron chi connectivity index (χ0n) is 12.0. The first kappa shape index (κ1) is 13.1. The van der Waals surface area contributed by atoms with Crippen molar-refractivity contribution in [3.05, 3.63) is 48.4 Å². The molecule has 0 spiro atoms. The molecular formula is C17H15FN4. The molecule has 4 rings (SSSR count). The molecule has 0 amide bonds. The number of halogens is 1. The molecule has 3 aromatic rings. The third kappa shape index (κ3) is 2.28. The molecule has 5 heteroatoms. The van der Waals surface area contributed by atoms with Crippen molar-refractivity contribution < 1.29 is 4.39 Å². The minimum atomic E-state index is -0.291. The Morgan fingerprint density at radius 2 is 1.86 bits per heavy atom. The van der Waals surface area contributed by atoms with E-state index in [-0.39, 0.29) is 5.82 Å². The summed E-state index contributed by atoms with van der Waals surface area (Å²) in [6.45, 7) is 2.05. The molecule has 0 radical (unpaired) electrons. The van der Waals surface area contributed by atoms with Gasteiger partial charge in [-0.15, -0.1) is 10.2 Å². The van der Waals surface area contributed by atoms with Crippen molar-refractivity contribution in [1.82, 2.24) is 15.2 Å². The highest BCUT2D eigenvalue weighted by molar-refractivity contribution is 5.92. The number of hydrogen-bond donors (Lipinski definition) is 0. The van der Waals surface area contributed by atoms with Crippen LogP contribution >= 0.6 is 0 Å². The molecule has 0 N–H and O–H groups in total. The Morgan fingerprint density at radius 1 is 1.00 bits per heavy atom. The predicted octanol–water partition coefficient (Wildman–Crippen LogP) is 3.43. The van der Waals surface area contributed by atoms with Crippen molar-refractivity contribution >= 4 is 16.7 Å². The van der Waals surface area contributed by atoms with Crippen LogP contribution in [0.3, 0.4) is 0 Å². The Balaban J connectivity index is 1.78. The van der Waals surface area contributed by atoms with E-state index in [9.17, 15) is 4.39 Å².